The molecule has 0 aromatic heterocycles. The first-order valence-corrected chi connectivity index (χ1v) is 10.3. The van der Waals surface area contributed by atoms with Crippen LogP contribution >= 0.6 is 11.6 Å². The van der Waals surface area contributed by atoms with Gasteiger partial charge in [-0.1, -0.05) is 54.8 Å². The van der Waals surface area contributed by atoms with Crippen molar-refractivity contribution in [2.75, 3.05) is 10.8 Å². The highest BCUT2D eigenvalue weighted by molar-refractivity contribution is 7.92. The van der Waals surface area contributed by atoms with Gasteiger partial charge in [-0.15, -0.1) is 0 Å². The number of hydrogen-bond acceptors (Lipinski definition) is 2. The van der Waals surface area contributed by atoms with Crippen LogP contribution in [0.5, 0.6) is 0 Å². The van der Waals surface area contributed by atoms with E-state index in [-0.39, 0.29) is 11.2 Å². The van der Waals surface area contributed by atoms with Crippen LogP contribution in [0.2, 0.25) is 5.02 Å². The largest absolute Gasteiger partial charge is 0.269 e. The zero-order chi connectivity index (χ0) is 16.8. The van der Waals surface area contributed by atoms with Gasteiger partial charge in [0.2, 0.25) is 10.0 Å². The third-order valence-electron chi connectivity index (χ3n) is 5.32. The Morgan fingerprint density at radius 2 is 1.79 bits per heavy atom. The van der Waals surface area contributed by atoms with Crippen molar-refractivity contribution < 1.29 is 8.42 Å². The Morgan fingerprint density at radius 1 is 1.04 bits per heavy atom. The molecule has 1 aliphatic carbocycles. The van der Waals surface area contributed by atoms with Crippen LogP contribution in [0.15, 0.2) is 48.5 Å². The van der Waals surface area contributed by atoms with Crippen molar-refractivity contribution in [3.63, 3.8) is 0 Å². The van der Waals surface area contributed by atoms with Crippen molar-refractivity contribution in [2.45, 2.75) is 36.9 Å². The molecule has 0 saturated heterocycles. The minimum absolute atomic E-state index is 0.0119. The summed E-state index contributed by atoms with van der Waals surface area (Å²) in [4.78, 5) is 0. The Bertz CT molecular complexity index is 872. The molecule has 2 aromatic rings. The Kier molecular flexibility index (Phi) is 3.85. The van der Waals surface area contributed by atoms with Gasteiger partial charge < -0.3 is 0 Å². The van der Waals surface area contributed by atoms with Crippen LogP contribution in [-0.4, -0.2) is 15.0 Å². The smallest absolute Gasteiger partial charge is 0.239 e. The molecule has 126 valence electrons. The van der Waals surface area contributed by atoms with Crippen LogP contribution in [0.3, 0.4) is 0 Å². The van der Waals surface area contributed by atoms with Crippen LogP contribution in [-0.2, 0) is 21.2 Å². The number of anilines is 1. The molecular formula is C19H20ClNO2S. The fourth-order valence-corrected chi connectivity index (χ4v) is 6.10. The normalized spacial score (nSPS) is 19.0. The maximum atomic E-state index is 13.1. The number of benzene rings is 2. The Morgan fingerprint density at radius 3 is 2.54 bits per heavy atom. The van der Waals surface area contributed by atoms with Gasteiger partial charge in [-0.2, -0.15) is 0 Å². The highest BCUT2D eigenvalue weighted by atomic mass is 35.5. The first-order valence-electron chi connectivity index (χ1n) is 8.35. The van der Waals surface area contributed by atoms with Crippen molar-refractivity contribution in [3.05, 3.63) is 64.7 Å². The number of sulfonamides is 1. The molecule has 3 nitrogen and oxygen atoms in total. The van der Waals surface area contributed by atoms with E-state index in [4.69, 9.17) is 11.6 Å². The summed E-state index contributed by atoms with van der Waals surface area (Å²) in [5.74, 6) is -0.0159. The van der Waals surface area contributed by atoms with E-state index in [1.165, 1.54) is 18.4 Å². The van der Waals surface area contributed by atoms with E-state index in [9.17, 15) is 8.42 Å². The highest BCUT2D eigenvalue weighted by Gasteiger charge is 2.47. The van der Waals surface area contributed by atoms with Crippen molar-refractivity contribution in [3.8, 4) is 0 Å². The number of rotatable bonds is 3. The second-order valence-corrected chi connectivity index (χ2v) is 9.23. The minimum atomic E-state index is -3.43. The average molecular weight is 362 g/mol. The first-order chi connectivity index (χ1) is 11.5. The van der Waals surface area contributed by atoms with Crippen LogP contribution in [0.4, 0.5) is 5.69 Å². The Hall–Kier alpha value is -1.52. The number of halogens is 1. The molecule has 2 aliphatic rings. The second kappa shape index (κ2) is 5.78. The molecule has 1 spiro atoms. The molecule has 0 unspecified atom stereocenters. The number of fused-ring (bicyclic) bond motifs is 2. The summed E-state index contributed by atoms with van der Waals surface area (Å²) in [5.41, 5.74) is 2.81. The zero-order valence-corrected chi connectivity index (χ0v) is 15.0. The molecule has 1 aliphatic heterocycles. The molecular weight excluding hydrogens is 342 g/mol. The lowest BCUT2D eigenvalue weighted by molar-refractivity contribution is 0.477. The highest BCUT2D eigenvalue weighted by Crippen LogP contribution is 2.51. The summed E-state index contributed by atoms with van der Waals surface area (Å²) < 4.78 is 27.8. The summed E-state index contributed by atoms with van der Waals surface area (Å²) in [6.45, 7) is 0.579. The van der Waals surface area contributed by atoms with Gasteiger partial charge in [0.15, 0.2) is 0 Å². The van der Waals surface area contributed by atoms with E-state index >= 15 is 0 Å². The number of hydrogen-bond donors (Lipinski definition) is 0. The Labute approximate surface area is 148 Å². The molecule has 1 saturated carbocycles. The van der Waals surface area contributed by atoms with Crippen LogP contribution in [0, 0.1) is 0 Å². The molecule has 2 aromatic carbocycles. The first kappa shape index (κ1) is 16.0. The molecule has 1 heterocycles. The maximum Gasteiger partial charge on any atom is 0.239 e. The summed E-state index contributed by atoms with van der Waals surface area (Å²) >= 11 is 6.00. The van der Waals surface area contributed by atoms with E-state index in [0.717, 1.165) is 24.1 Å². The van der Waals surface area contributed by atoms with Crippen LogP contribution < -0.4 is 4.31 Å². The van der Waals surface area contributed by atoms with E-state index in [1.54, 1.807) is 22.5 Å². The standard InChI is InChI=1S/C19H20ClNO2S/c20-16-7-5-6-15(12-16)13-24(22,23)21-14-19(10-3-4-11-19)17-8-1-2-9-18(17)21/h1-2,5-9,12H,3-4,10-11,13-14H2. The molecule has 0 bridgehead atoms. The van der Waals surface area contributed by atoms with Gasteiger partial charge in [0.25, 0.3) is 0 Å². The predicted molar refractivity (Wildman–Crippen MR) is 98.0 cm³/mol. The van der Waals surface area contributed by atoms with Crippen LogP contribution in [0.1, 0.15) is 36.8 Å². The van der Waals surface area contributed by atoms with E-state index in [1.807, 2.05) is 24.3 Å². The Balaban J connectivity index is 1.71. The van der Waals surface area contributed by atoms with Crippen molar-refractivity contribution >= 4 is 27.3 Å². The summed E-state index contributed by atoms with van der Waals surface area (Å²) in [6.07, 6.45) is 4.51. The van der Waals surface area contributed by atoms with E-state index in [0.29, 0.717) is 11.6 Å². The van der Waals surface area contributed by atoms with Crippen LogP contribution in [0.25, 0.3) is 0 Å². The summed E-state index contributed by atoms with van der Waals surface area (Å²) in [6, 6.07) is 15.1. The quantitative estimate of drug-likeness (QED) is 0.807. The van der Waals surface area contributed by atoms with Gasteiger partial charge in [-0.05, 0) is 42.2 Å². The maximum absolute atomic E-state index is 13.1. The molecule has 5 heteroatoms. The van der Waals surface area contributed by atoms with Crippen molar-refractivity contribution in [2.24, 2.45) is 0 Å². The fraction of sp³-hybridized carbons (Fsp3) is 0.368. The lowest BCUT2D eigenvalue weighted by atomic mass is 9.81. The van der Waals surface area contributed by atoms with E-state index < -0.39 is 10.0 Å². The molecule has 24 heavy (non-hydrogen) atoms. The minimum Gasteiger partial charge on any atom is -0.269 e. The monoisotopic (exact) mass is 361 g/mol. The summed E-state index contributed by atoms with van der Waals surface area (Å²) in [7, 11) is -3.43. The van der Waals surface area contributed by atoms with Gasteiger partial charge in [0.1, 0.15) is 0 Å². The molecule has 0 radical (unpaired) electrons. The SMILES string of the molecule is O=S(=O)(Cc1cccc(Cl)c1)N1CC2(CCCC2)c2ccccc21. The second-order valence-electron chi connectivity index (χ2n) is 6.90. The van der Waals surface area contributed by atoms with E-state index in [2.05, 4.69) is 6.07 Å². The average Bonchev–Trinajstić information content (AvgIpc) is 3.14. The lowest BCUT2D eigenvalue weighted by Gasteiger charge is -2.25. The zero-order valence-electron chi connectivity index (χ0n) is 13.4. The molecule has 1 fully saturated rings. The topological polar surface area (TPSA) is 37.4 Å². The number of para-hydroxylation sites is 1. The van der Waals surface area contributed by atoms with Gasteiger partial charge in [-0.3, -0.25) is 4.31 Å². The third kappa shape index (κ3) is 2.62. The third-order valence-corrected chi connectivity index (χ3v) is 7.26. The fourth-order valence-electron chi connectivity index (χ4n) is 4.23. The molecule has 0 atom stereocenters. The molecule has 0 amide bonds. The number of nitrogens with zero attached hydrogens (tertiary/aromatic N) is 1. The van der Waals surface area contributed by atoms with Gasteiger partial charge in [0, 0.05) is 17.0 Å². The lowest BCUT2D eigenvalue weighted by Crippen LogP contribution is -2.36. The predicted octanol–water partition coefficient (Wildman–Crippen LogP) is 4.50. The van der Waals surface area contributed by atoms with Gasteiger partial charge >= 0.3 is 0 Å². The van der Waals surface area contributed by atoms with Gasteiger partial charge in [-0.25, -0.2) is 8.42 Å². The van der Waals surface area contributed by atoms with Crippen molar-refractivity contribution in [1.29, 1.82) is 0 Å². The molecule has 4 rings (SSSR count). The summed E-state index contributed by atoms with van der Waals surface area (Å²) in [5, 5.41) is 0.566. The van der Waals surface area contributed by atoms with Gasteiger partial charge in [0.05, 0.1) is 11.4 Å². The molecule has 0 N–H and O–H groups in total. The van der Waals surface area contributed by atoms with Crippen molar-refractivity contribution in [1.82, 2.24) is 0 Å².